The van der Waals surface area contributed by atoms with Gasteiger partial charge in [0.25, 0.3) is 5.91 Å². The number of hydrogen-bond donors (Lipinski definition) is 1. The van der Waals surface area contributed by atoms with E-state index in [0.717, 1.165) is 16.8 Å². The van der Waals surface area contributed by atoms with E-state index >= 15 is 0 Å². The molecule has 1 aliphatic heterocycles. The first-order valence-corrected chi connectivity index (χ1v) is 12.9. The van der Waals surface area contributed by atoms with Gasteiger partial charge in [0.2, 0.25) is 10.0 Å². The molecule has 0 saturated heterocycles. The van der Waals surface area contributed by atoms with E-state index in [-0.39, 0.29) is 16.4 Å². The molecule has 0 unspecified atom stereocenters. The van der Waals surface area contributed by atoms with Crippen molar-refractivity contribution in [1.82, 2.24) is 14.1 Å². The Hall–Kier alpha value is -3.75. The number of hydrogen-bond acceptors (Lipinski definition) is 4. The fourth-order valence-corrected chi connectivity index (χ4v) is 5.80. The lowest BCUT2D eigenvalue weighted by Crippen LogP contribution is -2.36. The number of benzene rings is 3. The Morgan fingerprint density at radius 3 is 2.49 bits per heavy atom. The molecule has 1 aliphatic rings. The number of aryl methyl sites for hydroxylation is 1. The third-order valence-electron chi connectivity index (χ3n) is 6.15. The van der Waals surface area contributed by atoms with E-state index in [2.05, 4.69) is 10.4 Å². The smallest absolute Gasteiger partial charge is 0.256 e. The van der Waals surface area contributed by atoms with E-state index in [9.17, 15) is 13.2 Å². The Bertz CT molecular complexity index is 1480. The van der Waals surface area contributed by atoms with Crippen molar-refractivity contribution in [3.05, 3.63) is 113 Å². The standard InChI is InChI=1S/C27H26N4O3S/c1-20-16-26(31(29-20)18-21-8-3-2-4-9-21)28-27(32)23-12-7-13-25(17-23)35(33,34)30-15-14-22-10-5-6-11-24(22)19-30/h2-13,16-17H,14-15,18-19H2,1H3,(H,28,32). The minimum absolute atomic E-state index is 0.110. The summed E-state index contributed by atoms with van der Waals surface area (Å²) in [5, 5.41) is 7.38. The summed E-state index contributed by atoms with van der Waals surface area (Å²) in [5.41, 5.74) is 4.29. The van der Waals surface area contributed by atoms with Crippen molar-refractivity contribution in [2.24, 2.45) is 0 Å². The van der Waals surface area contributed by atoms with Gasteiger partial charge in [-0.25, -0.2) is 13.1 Å². The van der Waals surface area contributed by atoms with Gasteiger partial charge in [0, 0.05) is 24.7 Å². The van der Waals surface area contributed by atoms with Crippen LogP contribution in [0.25, 0.3) is 0 Å². The predicted molar refractivity (Wildman–Crippen MR) is 135 cm³/mol. The van der Waals surface area contributed by atoms with Crippen LogP contribution in [-0.2, 0) is 29.5 Å². The maximum atomic E-state index is 13.4. The molecule has 0 saturated carbocycles. The highest BCUT2D eigenvalue weighted by atomic mass is 32.2. The van der Waals surface area contributed by atoms with E-state index in [1.807, 2.05) is 61.5 Å². The highest BCUT2D eigenvalue weighted by Crippen LogP contribution is 2.25. The van der Waals surface area contributed by atoms with Crippen LogP contribution in [0.4, 0.5) is 5.82 Å². The largest absolute Gasteiger partial charge is 0.307 e. The van der Waals surface area contributed by atoms with Gasteiger partial charge in [-0.3, -0.25) is 4.79 Å². The third-order valence-corrected chi connectivity index (χ3v) is 7.99. The maximum Gasteiger partial charge on any atom is 0.256 e. The number of anilines is 1. The van der Waals surface area contributed by atoms with Crippen LogP contribution in [0.5, 0.6) is 0 Å². The van der Waals surface area contributed by atoms with Gasteiger partial charge in [0.15, 0.2) is 0 Å². The molecule has 4 aromatic rings. The van der Waals surface area contributed by atoms with Gasteiger partial charge in [-0.15, -0.1) is 0 Å². The van der Waals surface area contributed by atoms with E-state index < -0.39 is 10.0 Å². The molecule has 0 bridgehead atoms. The average molecular weight is 487 g/mol. The number of rotatable bonds is 6. The van der Waals surface area contributed by atoms with Crippen LogP contribution in [0.15, 0.2) is 89.8 Å². The molecule has 35 heavy (non-hydrogen) atoms. The average Bonchev–Trinajstić information content (AvgIpc) is 3.22. The highest BCUT2D eigenvalue weighted by Gasteiger charge is 2.28. The third kappa shape index (κ3) is 4.89. The number of carbonyl (C=O) groups excluding carboxylic acids is 1. The second-order valence-corrected chi connectivity index (χ2v) is 10.6. The molecule has 1 aromatic heterocycles. The molecular formula is C27H26N4O3S. The summed E-state index contributed by atoms with van der Waals surface area (Å²) in [6, 6.07) is 25.7. The van der Waals surface area contributed by atoms with Gasteiger partial charge in [-0.2, -0.15) is 9.40 Å². The first-order valence-electron chi connectivity index (χ1n) is 11.5. The summed E-state index contributed by atoms with van der Waals surface area (Å²) < 4.78 is 29.9. The molecular weight excluding hydrogens is 460 g/mol. The van der Waals surface area contributed by atoms with Crippen LogP contribution < -0.4 is 5.32 Å². The Balaban J connectivity index is 1.36. The van der Waals surface area contributed by atoms with Crippen molar-refractivity contribution < 1.29 is 13.2 Å². The van der Waals surface area contributed by atoms with E-state index in [1.165, 1.54) is 22.0 Å². The first-order chi connectivity index (χ1) is 16.9. The molecule has 0 atom stereocenters. The van der Waals surface area contributed by atoms with Crippen molar-refractivity contribution in [3.63, 3.8) is 0 Å². The molecule has 1 N–H and O–H groups in total. The summed E-state index contributed by atoms with van der Waals surface area (Å²) in [7, 11) is -3.74. The molecule has 0 radical (unpaired) electrons. The Labute approximate surface area is 205 Å². The normalized spacial score (nSPS) is 13.9. The molecule has 3 aromatic carbocycles. The van der Waals surface area contributed by atoms with Crippen LogP contribution >= 0.6 is 0 Å². The second kappa shape index (κ2) is 9.48. The van der Waals surface area contributed by atoms with Gasteiger partial charge in [0.05, 0.1) is 17.1 Å². The molecule has 178 valence electrons. The summed E-state index contributed by atoms with van der Waals surface area (Å²) in [5.74, 6) is 0.164. The van der Waals surface area contributed by atoms with Gasteiger partial charge in [-0.05, 0) is 48.2 Å². The lowest BCUT2D eigenvalue weighted by Gasteiger charge is -2.28. The molecule has 1 amide bonds. The van der Waals surface area contributed by atoms with Gasteiger partial charge in [0.1, 0.15) is 5.82 Å². The number of nitrogens with one attached hydrogen (secondary N) is 1. The second-order valence-electron chi connectivity index (χ2n) is 8.65. The number of carbonyl (C=O) groups is 1. The van der Waals surface area contributed by atoms with Crippen molar-refractivity contribution >= 4 is 21.7 Å². The minimum Gasteiger partial charge on any atom is -0.307 e. The SMILES string of the molecule is Cc1cc(NC(=O)c2cccc(S(=O)(=O)N3CCc4ccccc4C3)c2)n(Cc2ccccc2)n1. The molecule has 2 heterocycles. The van der Waals surface area contributed by atoms with Crippen LogP contribution in [0.3, 0.4) is 0 Å². The minimum atomic E-state index is -3.74. The predicted octanol–water partition coefficient (Wildman–Crippen LogP) is 4.24. The molecule has 0 aliphatic carbocycles. The molecule has 7 nitrogen and oxygen atoms in total. The zero-order valence-electron chi connectivity index (χ0n) is 19.4. The fourth-order valence-electron chi connectivity index (χ4n) is 4.33. The maximum absolute atomic E-state index is 13.4. The number of amides is 1. The first kappa shape index (κ1) is 23.0. The van der Waals surface area contributed by atoms with Gasteiger partial charge < -0.3 is 5.32 Å². The van der Waals surface area contributed by atoms with Gasteiger partial charge in [-0.1, -0.05) is 60.7 Å². The van der Waals surface area contributed by atoms with E-state index in [1.54, 1.807) is 22.9 Å². The zero-order chi connectivity index (χ0) is 24.4. The van der Waals surface area contributed by atoms with Crippen molar-refractivity contribution in [2.45, 2.75) is 31.3 Å². The van der Waals surface area contributed by atoms with E-state index in [4.69, 9.17) is 0 Å². The monoisotopic (exact) mass is 486 g/mol. The quantitative estimate of drug-likeness (QED) is 0.442. The van der Waals surface area contributed by atoms with Crippen LogP contribution in [-0.4, -0.2) is 35.0 Å². The Morgan fingerprint density at radius 2 is 1.69 bits per heavy atom. The van der Waals surface area contributed by atoms with Crippen molar-refractivity contribution in [2.75, 3.05) is 11.9 Å². The van der Waals surface area contributed by atoms with E-state index in [0.29, 0.717) is 31.9 Å². The highest BCUT2D eigenvalue weighted by molar-refractivity contribution is 7.89. The lowest BCUT2D eigenvalue weighted by molar-refractivity contribution is 0.102. The number of fused-ring (bicyclic) bond motifs is 1. The van der Waals surface area contributed by atoms with Gasteiger partial charge >= 0.3 is 0 Å². The van der Waals surface area contributed by atoms with Crippen LogP contribution in [0.1, 0.15) is 32.7 Å². The molecule has 0 spiro atoms. The number of nitrogens with zero attached hydrogens (tertiary/aromatic N) is 3. The number of aromatic nitrogens is 2. The lowest BCUT2D eigenvalue weighted by atomic mass is 10.0. The summed E-state index contributed by atoms with van der Waals surface area (Å²) in [6.07, 6.45) is 0.667. The number of sulfonamides is 1. The molecule has 0 fully saturated rings. The van der Waals surface area contributed by atoms with Crippen molar-refractivity contribution in [1.29, 1.82) is 0 Å². The topological polar surface area (TPSA) is 84.3 Å². The van der Waals surface area contributed by atoms with Crippen LogP contribution in [0, 0.1) is 6.92 Å². The summed E-state index contributed by atoms with van der Waals surface area (Å²) >= 11 is 0. The summed E-state index contributed by atoms with van der Waals surface area (Å²) in [4.78, 5) is 13.2. The Kier molecular flexibility index (Phi) is 6.23. The fraction of sp³-hybridized carbons (Fsp3) is 0.185. The zero-order valence-corrected chi connectivity index (χ0v) is 20.2. The molecule has 5 rings (SSSR count). The Morgan fingerprint density at radius 1 is 0.943 bits per heavy atom. The molecule has 8 heteroatoms. The summed E-state index contributed by atoms with van der Waals surface area (Å²) in [6.45, 7) is 3.11. The van der Waals surface area contributed by atoms with Crippen molar-refractivity contribution in [3.8, 4) is 0 Å². The van der Waals surface area contributed by atoms with Crippen LogP contribution in [0.2, 0.25) is 0 Å².